The molecule has 1 aromatic heterocycles. The van der Waals surface area contributed by atoms with Crippen molar-refractivity contribution >= 4 is 34.2 Å². The zero-order chi connectivity index (χ0) is 18.4. The first kappa shape index (κ1) is 18.9. The van der Waals surface area contributed by atoms with Gasteiger partial charge in [-0.15, -0.1) is 0 Å². The van der Waals surface area contributed by atoms with Crippen molar-refractivity contribution in [2.75, 3.05) is 0 Å². The van der Waals surface area contributed by atoms with Gasteiger partial charge >= 0.3 is 5.69 Å². The second-order valence-corrected chi connectivity index (χ2v) is 6.59. The number of alkyl halides is 1. The lowest BCUT2D eigenvalue weighted by molar-refractivity contribution is -0.160. The summed E-state index contributed by atoms with van der Waals surface area (Å²) in [6, 6.07) is 0. The Morgan fingerprint density at radius 2 is 2.04 bits per heavy atom. The van der Waals surface area contributed by atoms with Gasteiger partial charge in [0.2, 0.25) is 0 Å². The highest BCUT2D eigenvalue weighted by Gasteiger charge is 2.63. The molecule has 0 amide bonds. The predicted octanol–water partition coefficient (Wildman–Crippen LogP) is -1.35. The first-order valence-corrected chi connectivity index (χ1v) is 7.82. The Morgan fingerprint density at radius 1 is 1.46 bits per heavy atom. The number of aliphatic hydroxyl groups excluding tert-OH is 1. The van der Waals surface area contributed by atoms with Crippen molar-refractivity contribution < 1.29 is 28.9 Å². The molecule has 2 rings (SSSR count). The number of Topliss-reactive ketones (excluding diaryl/α,β-unsaturated/α-hetero) is 2. The Kier molecular flexibility index (Phi) is 5.09. The standard InChI is InChI=1S/C13H14FIN2O7/c1-4(18)7(20)9-13(23,5(2)19)8(14)11(24-9)17-3-6(15)10(21)16-12(17)22/h3,7-9,11,20,23H,1-2H3,(H,16,21,22)/t7?,8?,9-,11-,13+/m1/s1. The van der Waals surface area contributed by atoms with E-state index in [0.29, 0.717) is 4.57 Å². The van der Waals surface area contributed by atoms with E-state index in [0.717, 1.165) is 20.0 Å². The Morgan fingerprint density at radius 3 is 2.54 bits per heavy atom. The van der Waals surface area contributed by atoms with Gasteiger partial charge < -0.3 is 14.9 Å². The lowest BCUT2D eigenvalue weighted by atomic mass is 9.85. The van der Waals surface area contributed by atoms with Crippen molar-refractivity contribution in [3.63, 3.8) is 0 Å². The van der Waals surface area contributed by atoms with Gasteiger partial charge in [0, 0.05) is 6.20 Å². The third kappa shape index (κ3) is 2.85. The number of hydrogen-bond donors (Lipinski definition) is 3. The molecule has 132 valence electrons. The van der Waals surface area contributed by atoms with Crippen molar-refractivity contribution in [2.45, 2.75) is 44.1 Å². The molecule has 2 heterocycles. The monoisotopic (exact) mass is 456 g/mol. The summed E-state index contributed by atoms with van der Waals surface area (Å²) in [4.78, 5) is 48.3. The molecule has 0 radical (unpaired) electrons. The molecule has 0 aromatic carbocycles. The first-order valence-electron chi connectivity index (χ1n) is 6.74. The number of aromatic nitrogens is 2. The molecule has 2 unspecified atom stereocenters. The molecular weight excluding hydrogens is 442 g/mol. The van der Waals surface area contributed by atoms with Crippen LogP contribution in [0, 0.1) is 3.57 Å². The van der Waals surface area contributed by atoms with Crippen molar-refractivity contribution in [1.29, 1.82) is 0 Å². The van der Waals surface area contributed by atoms with Crippen molar-refractivity contribution in [2.24, 2.45) is 0 Å². The topological polar surface area (TPSA) is 139 Å². The van der Waals surface area contributed by atoms with Crippen molar-refractivity contribution in [3.8, 4) is 0 Å². The quantitative estimate of drug-likeness (QED) is 0.476. The van der Waals surface area contributed by atoms with Gasteiger partial charge in [-0.1, -0.05) is 0 Å². The number of nitrogens with one attached hydrogen (secondary N) is 1. The summed E-state index contributed by atoms with van der Waals surface area (Å²) < 4.78 is 20.6. The van der Waals surface area contributed by atoms with Crippen LogP contribution in [0.4, 0.5) is 4.39 Å². The summed E-state index contributed by atoms with van der Waals surface area (Å²) in [5, 5.41) is 20.3. The molecule has 1 saturated heterocycles. The number of aliphatic hydroxyl groups is 2. The molecule has 0 bridgehead atoms. The fourth-order valence-corrected chi connectivity index (χ4v) is 2.91. The van der Waals surface area contributed by atoms with Crippen molar-refractivity contribution in [1.82, 2.24) is 9.55 Å². The van der Waals surface area contributed by atoms with Crippen LogP contribution in [0.2, 0.25) is 0 Å². The zero-order valence-corrected chi connectivity index (χ0v) is 14.7. The van der Waals surface area contributed by atoms with Gasteiger partial charge in [-0.3, -0.25) is 23.9 Å². The van der Waals surface area contributed by atoms with Crippen LogP contribution in [0.25, 0.3) is 0 Å². The SMILES string of the molecule is CC(=O)C(O)[C@H]1O[C@@H](n2cc(I)c(=O)[nH]c2=O)C(F)[C@@]1(O)C(C)=O. The predicted molar refractivity (Wildman–Crippen MR) is 85.2 cm³/mol. The molecule has 0 aliphatic carbocycles. The highest BCUT2D eigenvalue weighted by molar-refractivity contribution is 14.1. The number of ether oxygens (including phenoxy) is 1. The van der Waals surface area contributed by atoms with Gasteiger partial charge in [0.15, 0.2) is 29.6 Å². The molecule has 1 aliphatic rings. The average molecular weight is 456 g/mol. The molecule has 1 fully saturated rings. The third-order valence-corrected chi connectivity index (χ3v) is 4.62. The van der Waals surface area contributed by atoms with Gasteiger partial charge in [0.1, 0.15) is 12.2 Å². The second-order valence-electron chi connectivity index (χ2n) is 5.43. The van der Waals surface area contributed by atoms with Crippen LogP contribution in [0.1, 0.15) is 20.1 Å². The number of aromatic amines is 1. The molecular formula is C13H14FIN2O7. The van der Waals surface area contributed by atoms with E-state index in [1.165, 1.54) is 0 Å². The van der Waals surface area contributed by atoms with Crippen LogP contribution < -0.4 is 11.2 Å². The lowest BCUT2D eigenvalue weighted by Crippen LogP contribution is -2.57. The van der Waals surface area contributed by atoms with Gasteiger partial charge in [-0.25, -0.2) is 9.18 Å². The third-order valence-electron chi connectivity index (χ3n) is 3.86. The molecule has 5 atom stereocenters. The van der Waals surface area contributed by atoms with E-state index in [1.807, 2.05) is 4.98 Å². The van der Waals surface area contributed by atoms with Gasteiger partial charge in [0.05, 0.1) is 3.57 Å². The molecule has 0 saturated carbocycles. The molecule has 1 aromatic rings. The number of hydrogen-bond acceptors (Lipinski definition) is 7. The molecule has 3 N–H and O–H groups in total. The maximum Gasteiger partial charge on any atom is 0.330 e. The number of nitrogens with zero attached hydrogens (tertiary/aromatic N) is 1. The zero-order valence-electron chi connectivity index (χ0n) is 12.5. The van der Waals surface area contributed by atoms with E-state index in [2.05, 4.69) is 0 Å². The second kappa shape index (κ2) is 6.46. The highest BCUT2D eigenvalue weighted by Crippen LogP contribution is 2.41. The van der Waals surface area contributed by atoms with Crippen LogP contribution in [0.15, 0.2) is 15.8 Å². The van der Waals surface area contributed by atoms with Gasteiger partial charge in [0.25, 0.3) is 5.56 Å². The molecule has 24 heavy (non-hydrogen) atoms. The summed E-state index contributed by atoms with van der Waals surface area (Å²) in [5.74, 6) is -1.93. The van der Waals surface area contributed by atoms with E-state index in [4.69, 9.17) is 4.74 Å². The smallest absolute Gasteiger partial charge is 0.330 e. The molecule has 11 heteroatoms. The van der Waals surface area contributed by atoms with Crippen LogP contribution in [0.3, 0.4) is 0 Å². The highest BCUT2D eigenvalue weighted by atomic mass is 127. The Labute approximate surface area is 147 Å². The van der Waals surface area contributed by atoms with Crippen LogP contribution in [0.5, 0.6) is 0 Å². The van der Waals surface area contributed by atoms with Crippen LogP contribution in [-0.2, 0) is 14.3 Å². The fraction of sp³-hybridized carbons (Fsp3) is 0.538. The van der Waals surface area contributed by atoms with E-state index in [-0.39, 0.29) is 3.57 Å². The lowest BCUT2D eigenvalue weighted by Gasteiger charge is -2.28. The van der Waals surface area contributed by atoms with E-state index in [9.17, 15) is 33.8 Å². The summed E-state index contributed by atoms with van der Waals surface area (Å²) >= 11 is 1.60. The van der Waals surface area contributed by atoms with Crippen LogP contribution >= 0.6 is 22.6 Å². The summed E-state index contributed by atoms with van der Waals surface area (Å²) in [7, 11) is 0. The molecule has 0 spiro atoms. The van der Waals surface area contributed by atoms with Crippen molar-refractivity contribution in [3.05, 3.63) is 30.6 Å². The summed E-state index contributed by atoms with van der Waals surface area (Å²) in [5.41, 5.74) is -4.55. The number of halogens is 2. The minimum atomic E-state index is -2.82. The largest absolute Gasteiger partial charge is 0.382 e. The number of ketones is 2. The number of carbonyl (C=O) groups excluding carboxylic acids is 2. The Bertz CT molecular complexity index is 806. The minimum absolute atomic E-state index is 0.0323. The van der Waals surface area contributed by atoms with E-state index >= 15 is 0 Å². The number of rotatable bonds is 4. The first-order chi connectivity index (χ1) is 11.0. The normalized spacial score (nSPS) is 31.0. The molecule has 1 aliphatic heterocycles. The number of carbonyl (C=O) groups is 2. The van der Waals surface area contributed by atoms with E-state index < -0.39 is 53.0 Å². The fourth-order valence-electron chi connectivity index (χ4n) is 2.48. The summed E-state index contributed by atoms with van der Waals surface area (Å²) in [6.07, 6.45) is -7.14. The Hall–Kier alpha value is -1.44. The maximum atomic E-state index is 14.8. The maximum absolute atomic E-state index is 14.8. The van der Waals surface area contributed by atoms with E-state index in [1.54, 1.807) is 22.6 Å². The Balaban J connectivity index is 2.57. The van der Waals surface area contributed by atoms with Gasteiger partial charge in [-0.2, -0.15) is 0 Å². The van der Waals surface area contributed by atoms with Gasteiger partial charge in [-0.05, 0) is 36.4 Å². The average Bonchev–Trinajstić information content (AvgIpc) is 2.76. The number of H-pyrrole nitrogens is 1. The minimum Gasteiger partial charge on any atom is -0.382 e. The van der Waals surface area contributed by atoms with Crippen LogP contribution in [-0.4, -0.2) is 55.3 Å². The summed E-state index contributed by atoms with van der Waals surface area (Å²) in [6.45, 7) is 1.85. The molecule has 9 nitrogen and oxygen atoms in total.